The summed E-state index contributed by atoms with van der Waals surface area (Å²) in [4.78, 5) is 28.5. The van der Waals surface area contributed by atoms with E-state index in [1.165, 1.54) is 15.8 Å². The summed E-state index contributed by atoms with van der Waals surface area (Å²) < 4.78 is 1.88. The highest BCUT2D eigenvalue weighted by atomic mass is 127. The molecular weight excluding hydrogens is 356 g/mol. The molecule has 0 spiro atoms. The Balaban J connectivity index is 2.62. The topological polar surface area (TPSA) is 55.2 Å². The second-order valence-electron chi connectivity index (χ2n) is 3.74. The molecule has 1 aromatic rings. The van der Waals surface area contributed by atoms with E-state index in [2.05, 4.69) is 4.98 Å². The molecule has 0 N–H and O–H groups in total. The second-order valence-corrected chi connectivity index (χ2v) is 5.18. The number of amides is 1. The van der Waals surface area contributed by atoms with Gasteiger partial charge in [0.25, 0.3) is 5.56 Å². The molecule has 7 heteroatoms. The number of carbonyl (C=O) groups is 1. The molecule has 0 radical (unpaired) electrons. The van der Waals surface area contributed by atoms with Gasteiger partial charge in [0.15, 0.2) is 0 Å². The molecule has 0 fully saturated rings. The summed E-state index contributed by atoms with van der Waals surface area (Å²) in [6.45, 7) is 0.471. The number of aromatic nitrogens is 2. The van der Waals surface area contributed by atoms with Crippen LogP contribution in [0, 0.1) is 3.57 Å². The highest BCUT2D eigenvalue weighted by molar-refractivity contribution is 14.1. The molecule has 0 aromatic carbocycles. The van der Waals surface area contributed by atoms with Gasteiger partial charge in [0.2, 0.25) is 5.91 Å². The zero-order valence-corrected chi connectivity index (χ0v) is 12.5. The smallest absolute Gasteiger partial charge is 0.268 e. The van der Waals surface area contributed by atoms with Crippen LogP contribution in [-0.2, 0) is 11.3 Å². The fraction of sp³-hybridized carbons (Fsp3) is 0.500. The van der Waals surface area contributed by atoms with Crippen LogP contribution in [0.25, 0.3) is 0 Å². The third kappa shape index (κ3) is 3.95. The number of rotatable bonds is 4. The van der Waals surface area contributed by atoms with Crippen molar-refractivity contribution in [2.45, 2.75) is 19.4 Å². The number of nitrogens with zero attached hydrogens (tertiary/aromatic N) is 3. The Labute approximate surface area is 118 Å². The predicted molar refractivity (Wildman–Crippen MR) is 74.2 cm³/mol. The molecule has 0 bridgehead atoms. The third-order valence-corrected chi connectivity index (χ3v) is 3.81. The fourth-order valence-electron chi connectivity index (χ4n) is 1.23. The van der Waals surface area contributed by atoms with E-state index in [9.17, 15) is 9.59 Å². The van der Waals surface area contributed by atoms with Crippen molar-refractivity contribution >= 4 is 40.1 Å². The van der Waals surface area contributed by atoms with Crippen LogP contribution in [0.1, 0.15) is 12.8 Å². The van der Waals surface area contributed by atoms with E-state index in [-0.39, 0.29) is 16.6 Å². The van der Waals surface area contributed by atoms with Crippen LogP contribution in [0.2, 0.25) is 5.15 Å². The molecule has 0 aliphatic heterocycles. The third-order valence-electron chi connectivity index (χ3n) is 2.23. The van der Waals surface area contributed by atoms with Gasteiger partial charge in [-0.1, -0.05) is 11.6 Å². The molecule has 17 heavy (non-hydrogen) atoms. The second kappa shape index (κ2) is 6.34. The molecule has 0 unspecified atom stereocenters. The number of aryl methyl sites for hydroxylation is 1. The van der Waals surface area contributed by atoms with Crippen molar-refractivity contribution in [3.8, 4) is 0 Å². The Morgan fingerprint density at radius 3 is 2.82 bits per heavy atom. The lowest BCUT2D eigenvalue weighted by atomic mass is 10.3. The van der Waals surface area contributed by atoms with Gasteiger partial charge >= 0.3 is 0 Å². The summed E-state index contributed by atoms with van der Waals surface area (Å²) in [6, 6.07) is 0. The molecule has 1 aromatic heterocycles. The molecule has 5 nitrogen and oxygen atoms in total. The Kier molecular flexibility index (Phi) is 5.38. The average molecular weight is 370 g/mol. The minimum Gasteiger partial charge on any atom is -0.349 e. The quantitative estimate of drug-likeness (QED) is 0.595. The van der Waals surface area contributed by atoms with Crippen LogP contribution in [0.15, 0.2) is 11.1 Å². The zero-order valence-electron chi connectivity index (χ0n) is 9.61. The van der Waals surface area contributed by atoms with Crippen LogP contribution < -0.4 is 5.56 Å². The fourth-order valence-corrected chi connectivity index (χ4v) is 1.80. The number of hydrogen-bond donors (Lipinski definition) is 0. The van der Waals surface area contributed by atoms with Crippen LogP contribution in [-0.4, -0.2) is 34.5 Å². The first-order chi connectivity index (χ1) is 7.93. The molecule has 1 heterocycles. The normalized spacial score (nSPS) is 10.4. The van der Waals surface area contributed by atoms with Crippen molar-refractivity contribution in [3.05, 3.63) is 25.4 Å². The molecule has 0 atom stereocenters. The molecule has 1 rings (SSSR count). The van der Waals surface area contributed by atoms with Gasteiger partial charge in [-0.25, -0.2) is 4.98 Å². The lowest BCUT2D eigenvalue weighted by molar-refractivity contribution is -0.128. The Morgan fingerprint density at radius 1 is 1.59 bits per heavy atom. The maximum Gasteiger partial charge on any atom is 0.268 e. The van der Waals surface area contributed by atoms with Crippen molar-refractivity contribution in [3.63, 3.8) is 0 Å². The van der Waals surface area contributed by atoms with E-state index in [0.717, 1.165) is 0 Å². The molecule has 94 valence electrons. The minimum atomic E-state index is -0.164. The molecule has 0 saturated carbocycles. The van der Waals surface area contributed by atoms with Gasteiger partial charge in [0, 0.05) is 27.1 Å². The van der Waals surface area contributed by atoms with Crippen molar-refractivity contribution in [2.75, 3.05) is 14.1 Å². The van der Waals surface area contributed by atoms with Gasteiger partial charge in [-0.3, -0.25) is 14.2 Å². The van der Waals surface area contributed by atoms with Gasteiger partial charge in [-0.2, -0.15) is 0 Å². The summed E-state index contributed by atoms with van der Waals surface area (Å²) in [5, 5.41) is 0.219. The lowest BCUT2D eigenvalue weighted by Gasteiger charge is -2.10. The standard InChI is InChI=1S/C10H13ClIN3O2/c1-14(2)7(16)4-3-5-15-6-13-9(11)8(12)10(15)17/h6H,3-5H2,1-2H3. The van der Waals surface area contributed by atoms with Crippen LogP contribution >= 0.6 is 34.2 Å². The maximum absolute atomic E-state index is 11.7. The molecule has 0 saturated heterocycles. The summed E-state index contributed by atoms with van der Waals surface area (Å²) in [7, 11) is 3.42. The highest BCUT2D eigenvalue weighted by Gasteiger charge is 2.08. The molecule has 1 amide bonds. The van der Waals surface area contributed by atoms with Crippen LogP contribution in [0.3, 0.4) is 0 Å². The SMILES string of the molecule is CN(C)C(=O)CCCn1cnc(Cl)c(I)c1=O. The van der Waals surface area contributed by atoms with E-state index < -0.39 is 0 Å². The summed E-state index contributed by atoms with van der Waals surface area (Å²) in [5.74, 6) is 0.0506. The van der Waals surface area contributed by atoms with Crippen molar-refractivity contribution in [1.82, 2.24) is 14.5 Å². The first kappa shape index (κ1) is 14.4. The van der Waals surface area contributed by atoms with E-state index in [1.54, 1.807) is 14.1 Å². The van der Waals surface area contributed by atoms with Gasteiger partial charge in [-0.15, -0.1) is 0 Å². The Bertz CT molecular complexity index is 473. The van der Waals surface area contributed by atoms with Crippen LogP contribution in [0.5, 0.6) is 0 Å². The lowest BCUT2D eigenvalue weighted by Crippen LogP contribution is -2.25. The van der Waals surface area contributed by atoms with Gasteiger partial charge < -0.3 is 4.90 Å². The molecular formula is C10H13ClIN3O2. The Morgan fingerprint density at radius 2 is 2.24 bits per heavy atom. The van der Waals surface area contributed by atoms with E-state index >= 15 is 0 Å². The largest absolute Gasteiger partial charge is 0.349 e. The highest BCUT2D eigenvalue weighted by Crippen LogP contribution is 2.09. The van der Waals surface area contributed by atoms with E-state index in [4.69, 9.17) is 11.6 Å². The van der Waals surface area contributed by atoms with Crippen molar-refractivity contribution in [1.29, 1.82) is 0 Å². The van der Waals surface area contributed by atoms with Crippen LogP contribution in [0.4, 0.5) is 0 Å². The van der Waals surface area contributed by atoms with E-state index in [1.807, 2.05) is 22.6 Å². The minimum absolute atomic E-state index is 0.0506. The maximum atomic E-state index is 11.7. The van der Waals surface area contributed by atoms with Gasteiger partial charge in [0.05, 0.1) is 6.33 Å². The number of hydrogen-bond acceptors (Lipinski definition) is 3. The monoisotopic (exact) mass is 369 g/mol. The molecule has 0 aliphatic rings. The van der Waals surface area contributed by atoms with Gasteiger partial charge in [-0.05, 0) is 29.0 Å². The summed E-state index contributed by atoms with van der Waals surface area (Å²) >= 11 is 7.59. The summed E-state index contributed by atoms with van der Waals surface area (Å²) in [5.41, 5.74) is -0.164. The van der Waals surface area contributed by atoms with Crippen molar-refractivity contribution < 1.29 is 4.79 Å². The average Bonchev–Trinajstić information content (AvgIpc) is 2.28. The number of carbonyl (C=O) groups excluding carboxylic acids is 1. The predicted octanol–water partition coefficient (Wildman–Crippen LogP) is 1.37. The first-order valence-corrected chi connectivity index (χ1v) is 6.49. The first-order valence-electron chi connectivity index (χ1n) is 5.04. The number of halogens is 2. The molecule has 0 aliphatic carbocycles. The van der Waals surface area contributed by atoms with E-state index in [0.29, 0.717) is 23.0 Å². The van der Waals surface area contributed by atoms with Gasteiger partial charge in [0.1, 0.15) is 8.72 Å². The Hall–Kier alpha value is -0.630. The zero-order chi connectivity index (χ0) is 13.0. The summed E-state index contributed by atoms with van der Waals surface area (Å²) in [6.07, 6.45) is 2.43. The van der Waals surface area contributed by atoms with Crippen molar-refractivity contribution in [2.24, 2.45) is 0 Å².